The van der Waals surface area contributed by atoms with Gasteiger partial charge in [0.05, 0.1) is 6.61 Å². The lowest BCUT2D eigenvalue weighted by Crippen LogP contribution is -2.06. The second-order valence-corrected chi connectivity index (χ2v) is 3.23. The van der Waals surface area contributed by atoms with Gasteiger partial charge in [-0.25, -0.2) is 9.59 Å². The van der Waals surface area contributed by atoms with Crippen LogP contribution in [0.1, 0.15) is 13.3 Å². The second-order valence-electron chi connectivity index (χ2n) is 2.98. The van der Waals surface area contributed by atoms with Crippen LogP contribution in [0.25, 0.3) is 0 Å². The highest BCUT2D eigenvalue weighted by Crippen LogP contribution is 2.04. The number of hydrogen-bond acceptors (Lipinski definition) is 7. The first-order valence-electron chi connectivity index (χ1n) is 5.26. The summed E-state index contributed by atoms with van der Waals surface area (Å²) in [6.07, 6.45) is 2.58. The predicted molar refractivity (Wildman–Crippen MR) is 68.6 cm³/mol. The van der Waals surface area contributed by atoms with Crippen LogP contribution in [0.2, 0.25) is 0 Å². The van der Waals surface area contributed by atoms with Gasteiger partial charge < -0.3 is 9.47 Å². The predicted octanol–water partition coefficient (Wildman–Crippen LogP) is 1.27. The van der Waals surface area contributed by atoms with Gasteiger partial charge in [0.15, 0.2) is 0 Å². The molecule has 7 heteroatoms. The van der Waals surface area contributed by atoms with Crippen LogP contribution in [0, 0.1) is 22.7 Å². The molecule has 0 aromatic rings. The van der Waals surface area contributed by atoms with Gasteiger partial charge in [-0.2, -0.15) is 10.5 Å². The van der Waals surface area contributed by atoms with E-state index in [0.29, 0.717) is 0 Å². The Kier molecular flexibility index (Phi) is 8.59. The van der Waals surface area contributed by atoms with Crippen molar-refractivity contribution in [1.29, 1.82) is 10.5 Å². The fourth-order valence-electron chi connectivity index (χ4n) is 0.989. The number of hydrogen-bond donors (Lipinski definition) is 1. The normalized spacial score (nSPS) is 11.2. The zero-order chi connectivity index (χ0) is 14.7. The number of ether oxygens (including phenoxy) is 2. The largest absolute Gasteiger partial charge is 0.462 e. The quantitative estimate of drug-likeness (QED) is 0.258. The third kappa shape index (κ3) is 6.29. The molecule has 0 aromatic carbocycles. The minimum absolute atomic E-state index is 0.0618. The highest BCUT2D eigenvalue weighted by Gasteiger charge is 2.10. The number of nitrogens with zero attached hydrogens (tertiary/aromatic N) is 2. The number of thiol groups is 1. The van der Waals surface area contributed by atoms with E-state index in [0.717, 1.165) is 0 Å². The zero-order valence-electron chi connectivity index (χ0n) is 10.3. The Morgan fingerprint density at radius 1 is 1.11 bits per heavy atom. The van der Waals surface area contributed by atoms with E-state index in [1.807, 2.05) is 0 Å². The molecule has 6 nitrogen and oxygen atoms in total. The van der Waals surface area contributed by atoms with Gasteiger partial charge in [-0.15, -0.1) is 12.6 Å². The molecule has 0 rings (SSSR count). The molecule has 0 bridgehead atoms. The maximum absolute atomic E-state index is 11.3. The highest BCUT2D eigenvalue weighted by atomic mass is 32.1. The van der Waals surface area contributed by atoms with E-state index >= 15 is 0 Å². The summed E-state index contributed by atoms with van der Waals surface area (Å²) in [6.45, 7) is 1.78. The Balaban J connectivity index is 4.77. The number of nitriles is 2. The van der Waals surface area contributed by atoms with Gasteiger partial charge in [-0.1, -0.05) is 12.2 Å². The first kappa shape index (κ1) is 16.8. The van der Waals surface area contributed by atoms with Gasteiger partial charge in [0.25, 0.3) is 0 Å². The summed E-state index contributed by atoms with van der Waals surface area (Å²) in [5.41, 5.74) is -0.399. The average Bonchev–Trinajstić information content (AvgIpc) is 2.39. The molecule has 0 aliphatic rings. The number of rotatable bonds is 6. The molecule has 0 saturated carbocycles. The first-order valence-corrected chi connectivity index (χ1v) is 5.89. The van der Waals surface area contributed by atoms with Crippen LogP contribution < -0.4 is 0 Å². The van der Waals surface area contributed by atoms with Crippen molar-refractivity contribution in [3.63, 3.8) is 0 Å². The van der Waals surface area contributed by atoms with Crippen molar-refractivity contribution < 1.29 is 19.1 Å². The first-order chi connectivity index (χ1) is 9.10. The van der Waals surface area contributed by atoms with Crippen molar-refractivity contribution in [2.45, 2.75) is 13.3 Å². The summed E-state index contributed by atoms with van der Waals surface area (Å²) >= 11 is 3.69. The lowest BCUT2D eigenvalue weighted by molar-refractivity contribution is -0.138. The molecule has 0 unspecified atom stereocenters. The molecule has 0 heterocycles. The molecule has 0 radical (unpaired) electrons. The van der Waals surface area contributed by atoms with Crippen molar-refractivity contribution >= 4 is 24.6 Å². The lowest BCUT2D eigenvalue weighted by atomic mass is 10.2. The van der Waals surface area contributed by atoms with Crippen LogP contribution in [0.15, 0.2) is 23.3 Å². The molecular formula is C12H12N2O4S. The molecule has 0 aliphatic heterocycles. The molecule has 19 heavy (non-hydrogen) atoms. The maximum atomic E-state index is 11.3. The van der Waals surface area contributed by atoms with E-state index in [9.17, 15) is 9.59 Å². The molecule has 100 valence electrons. The summed E-state index contributed by atoms with van der Waals surface area (Å²) in [4.78, 5) is 22.5. The SMILES string of the molecule is CCOC(=O)/C(C#N)=C/C/C=C(\C#N)C(=O)OCS. The van der Waals surface area contributed by atoms with E-state index in [4.69, 9.17) is 10.5 Å². The minimum atomic E-state index is -0.805. The Labute approximate surface area is 116 Å². The van der Waals surface area contributed by atoms with Crippen LogP contribution in [0.3, 0.4) is 0 Å². The molecule has 0 saturated heterocycles. The van der Waals surface area contributed by atoms with E-state index in [1.165, 1.54) is 12.2 Å². The topological polar surface area (TPSA) is 100 Å². The van der Waals surface area contributed by atoms with Crippen molar-refractivity contribution in [3.8, 4) is 12.1 Å². The molecule has 0 aromatic heterocycles. The van der Waals surface area contributed by atoms with Gasteiger partial charge >= 0.3 is 11.9 Å². The molecule has 0 atom stereocenters. The van der Waals surface area contributed by atoms with Gasteiger partial charge in [0.2, 0.25) is 0 Å². The fourth-order valence-corrected chi connectivity index (χ4v) is 1.11. The van der Waals surface area contributed by atoms with Crippen molar-refractivity contribution in [1.82, 2.24) is 0 Å². The lowest BCUT2D eigenvalue weighted by Gasteiger charge is -1.99. The van der Waals surface area contributed by atoms with E-state index in [-0.39, 0.29) is 30.1 Å². The molecule has 0 spiro atoms. The summed E-state index contributed by atoms with van der Waals surface area (Å²) in [6, 6.07) is 3.34. The average molecular weight is 280 g/mol. The molecule has 0 aliphatic carbocycles. The zero-order valence-corrected chi connectivity index (χ0v) is 11.1. The van der Waals surface area contributed by atoms with Crippen LogP contribution in [-0.2, 0) is 19.1 Å². The number of carbonyl (C=O) groups excluding carboxylic acids is 2. The van der Waals surface area contributed by atoms with Gasteiger partial charge in [0, 0.05) is 0 Å². The van der Waals surface area contributed by atoms with Crippen LogP contribution in [0.5, 0.6) is 0 Å². The molecular weight excluding hydrogens is 268 g/mol. The second kappa shape index (κ2) is 9.75. The summed E-state index contributed by atoms with van der Waals surface area (Å²) in [5, 5.41) is 17.4. The van der Waals surface area contributed by atoms with E-state index in [1.54, 1.807) is 19.1 Å². The van der Waals surface area contributed by atoms with E-state index < -0.39 is 11.9 Å². The van der Waals surface area contributed by atoms with Crippen molar-refractivity contribution in [2.24, 2.45) is 0 Å². The third-order valence-corrected chi connectivity index (χ3v) is 1.92. The number of carbonyl (C=O) groups is 2. The standard InChI is InChI=1S/C12H12N2O4S/c1-2-17-11(15)9(6-13)4-3-5-10(7-14)12(16)18-8-19/h4-5,19H,2-3,8H2,1H3/b9-4+,10-5+. The van der Waals surface area contributed by atoms with Gasteiger partial charge in [-0.05, 0) is 13.3 Å². The molecule has 0 fully saturated rings. The summed E-state index contributed by atoms with van der Waals surface area (Å²) < 4.78 is 9.17. The third-order valence-electron chi connectivity index (χ3n) is 1.80. The summed E-state index contributed by atoms with van der Waals surface area (Å²) in [7, 11) is 0. The van der Waals surface area contributed by atoms with Crippen molar-refractivity contribution in [3.05, 3.63) is 23.3 Å². The molecule has 0 N–H and O–H groups in total. The summed E-state index contributed by atoms with van der Waals surface area (Å²) in [5.74, 6) is -1.68. The maximum Gasteiger partial charge on any atom is 0.349 e. The van der Waals surface area contributed by atoms with Crippen molar-refractivity contribution in [2.75, 3.05) is 12.5 Å². The number of allylic oxidation sites excluding steroid dienone is 2. The smallest absolute Gasteiger partial charge is 0.349 e. The highest BCUT2D eigenvalue weighted by molar-refractivity contribution is 7.80. The fraction of sp³-hybridized carbons (Fsp3) is 0.333. The van der Waals surface area contributed by atoms with Gasteiger partial charge in [-0.3, -0.25) is 0 Å². The Morgan fingerprint density at radius 2 is 1.58 bits per heavy atom. The van der Waals surface area contributed by atoms with Gasteiger partial charge in [0.1, 0.15) is 29.2 Å². The minimum Gasteiger partial charge on any atom is -0.462 e. The Bertz CT molecular complexity index is 439. The van der Waals surface area contributed by atoms with E-state index in [2.05, 4.69) is 22.1 Å². The monoisotopic (exact) mass is 280 g/mol. The molecule has 0 amide bonds. The van der Waals surface area contributed by atoms with Crippen LogP contribution in [-0.4, -0.2) is 24.5 Å². The number of esters is 2. The van der Waals surface area contributed by atoms with Crippen LogP contribution >= 0.6 is 12.6 Å². The van der Waals surface area contributed by atoms with Crippen LogP contribution in [0.4, 0.5) is 0 Å². The Morgan fingerprint density at radius 3 is 1.95 bits per heavy atom. The Hall–Kier alpha value is -2.25.